The summed E-state index contributed by atoms with van der Waals surface area (Å²) < 4.78 is 11.6. The number of carbonyl (C=O) groups is 1. The second-order valence-corrected chi connectivity index (χ2v) is 1.64. The highest BCUT2D eigenvalue weighted by atomic mass is 16.4. The average molecular weight is 127 g/mol. The molecule has 48 valence electrons. The number of rotatable bonds is 1. The molecule has 0 saturated heterocycles. The summed E-state index contributed by atoms with van der Waals surface area (Å²) in [7, 11) is 0. The SMILES string of the molecule is [2H]c1cc(C(=O)O)c(C)o1. The van der Waals surface area contributed by atoms with E-state index in [9.17, 15) is 4.79 Å². The molecule has 0 bridgehead atoms. The lowest BCUT2D eigenvalue weighted by molar-refractivity contribution is 0.0695. The molecule has 1 aromatic heterocycles. The first-order chi connectivity index (χ1) is 4.61. The van der Waals surface area contributed by atoms with Crippen molar-refractivity contribution >= 4 is 5.97 Å². The van der Waals surface area contributed by atoms with Gasteiger partial charge in [-0.2, -0.15) is 0 Å². The van der Waals surface area contributed by atoms with Gasteiger partial charge in [0, 0.05) is 0 Å². The van der Waals surface area contributed by atoms with Gasteiger partial charge >= 0.3 is 5.97 Å². The molecule has 1 N–H and O–H groups in total. The van der Waals surface area contributed by atoms with E-state index in [2.05, 4.69) is 4.42 Å². The van der Waals surface area contributed by atoms with Crippen molar-refractivity contribution in [2.45, 2.75) is 6.92 Å². The van der Waals surface area contributed by atoms with E-state index in [0.717, 1.165) is 0 Å². The van der Waals surface area contributed by atoms with Gasteiger partial charge < -0.3 is 9.52 Å². The Kier molecular flexibility index (Phi) is 0.990. The Morgan fingerprint density at radius 1 is 2.00 bits per heavy atom. The standard InChI is InChI=1S/C6H6O3/c1-4-5(6(7)8)2-3-9-4/h2-3H,1H3,(H,7,8)/i3D. The van der Waals surface area contributed by atoms with E-state index in [0.29, 0.717) is 0 Å². The number of carboxylic acids is 1. The van der Waals surface area contributed by atoms with Gasteiger partial charge in [-0.05, 0) is 13.0 Å². The van der Waals surface area contributed by atoms with Gasteiger partial charge in [0.05, 0.1) is 6.24 Å². The lowest BCUT2D eigenvalue weighted by Crippen LogP contribution is -1.94. The van der Waals surface area contributed by atoms with Crippen molar-refractivity contribution in [3.8, 4) is 0 Å². The van der Waals surface area contributed by atoms with Crippen LogP contribution in [0.5, 0.6) is 0 Å². The molecule has 9 heavy (non-hydrogen) atoms. The maximum absolute atomic E-state index is 10.3. The van der Waals surface area contributed by atoms with Crippen molar-refractivity contribution in [3.05, 3.63) is 23.6 Å². The topological polar surface area (TPSA) is 50.4 Å². The fraction of sp³-hybridized carbons (Fsp3) is 0.167. The Morgan fingerprint density at radius 3 is 2.89 bits per heavy atom. The van der Waals surface area contributed by atoms with Crippen LogP contribution in [0.15, 0.2) is 16.7 Å². The van der Waals surface area contributed by atoms with Crippen molar-refractivity contribution in [1.82, 2.24) is 0 Å². The third kappa shape index (κ3) is 0.937. The zero-order valence-corrected chi connectivity index (χ0v) is 4.84. The summed E-state index contributed by atoms with van der Waals surface area (Å²) in [6, 6.07) is 1.18. The quantitative estimate of drug-likeness (QED) is 0.618. The summed E-state index contributed by atoms with van der Waals surface area (Å²) in [5.74, 6) is -0.780. The molecule has 0 saturated carbocycles. The smallest absolute Gasteiger partial charge is 0.339 e. The Bertz CT molecular complexity index is 264. The normalized spacial score (nSPS) is 11.0. The van der Waals surface area contributed by atoms with Crippen LogP contribution in [0.2, 0.25) is 0 Å². The molecule has 0 radical (unpaired) electrons. The molecule has 0 amide bonds. The number of aromatic carboxylic acids is 1. The van der Waals surface area contributed by atoms with Crippen molar-refractivity contribution in [3.63, 3.8) is 0 Å². The van der Waals surface area contributed by atoms with E-state index in [1.807, 2.05) is 0 Å². The van der Waals surface area contributed by atoms with Gasteiger partial charge in [0.15, 0.2) is 0 Å². The van der Waals surface area contributed by atoms with E-state index in [-0.39, 0.29) is 17.6 Å². The average Bonchev–Trinajstić information content (AvgIpc) is 2.10. The second kappa shape index (κ2) is 1.93. The predicted molar refractivity (Wildman–Crippen MR) is 30.4 cm³/mol. The Balaban J connectivity index is 3.15. The zero-order valence-electron chi connectivity index (χ0n) is 5.84. The van der Waals surface area contributed by atoms with Gasteiger partial charge in [0.25, 0.3) is 0 Å². The van der Waals surface area contributed by atoms with E-state index < -0.39 is 5.97 Å². The maximum atomic E-state index is 10.3. The van der Waals surface area contributed by atoms with Crippen molar-refractivity contribution < 1.29 is 15.7 Å². The lowest BCUT2D eigenvalue weighted by atomic mass is 10.3. The monoisotopic (exact) mass is 127 g/mol. The number of hydrogen-bond acceptors (Lipinski definition) is 2. The minimum atomic E-state index is -1.06. The summed E-state index contributed by atoms with van der Waals surface area (Å²) >= 11 is 0. The number of aryl methyl sites for hydroxylation is 1. The lowest BCUT2D eigenvalue weighted by Gasteiger charge is -1.85. The molecule has 0 atom stereocenters. The number of furan rings is 1. The molecule has 0 unspecified atom stereocenters. The Hall–Kier alpha value is -1.25. The highest BCUT2D eigenvalue weighted by molar-refractivity contribution is 5.88. The molecule has 0 aromatic carbocycles. The van der Waals surface area contributed by atoms with E-state index in [1.54, 1.807) is 0 Å². The minimum absolute atomic E-state index is 0.0602. The first-order valence-corrected chi connectivity index (χ1v) is 2.41. The van der Waals surface area contributed by atoms with Crippen molar-refractivity contribution in [1.29, 1.82) is 0 Å². The molecular formula is C6H6O3. The fourth-order valence-electron chi connectivity index (χ4n) is 0.546. The van der Waals surface area contributed by atoms with Crippen LogP contribution in [0.25, 0.3) is 0 Å². The molecule has 0 aliphatic rings. The first kappa shape index (κ1) is 4.61. The summed E-state index contributed by atoms with van der Waals surface area (Å²) in [6.07, 6.45) is -0.116. The molecule has 1 rings (SSSR count). The first-order valence-electron chi connectivity index (χ1n) is 2.91. The summed E-state index contributed by atoms with van der Waals surface area (Å²) in [4.78, 5) is 10.3. The van der Waals surface area contributed by atoms with Crippen LogP contribution in [0.4, 0.5) is 0 Å². The van der Waals surface area contributed by atoms with Crippen molar-refractivity contribution in [2.75, 3.05) is 0 Å². The van der Waals surface area contributed by atoms with Crippen LogP contribution in [-0.4, -0.2) is 11.1 Å². The van der Waals surface area contributed by atoms with Crippen LogP contribution in [0.3, 0.4) is 0 Å². The Labute approximate surface area is 53.3 Å². The number of carboxylic acid groups (broad SMARTS) is 1. The molecular weight excluding hydrogens is 120 g/mol. The van der Waals surface area contributed by atoms with Crippen molar-refractivity contribution in [2.24, 2.45) is 0 Å². The molecule has 0 spiro atoms. The molecule has 1 heterocycles. The van der Waals surface area contributed by atoms with Crippen LogP contribution >= 0.6 is 0 Å². The predicted octanol–water partition coefficient (Wildman–Crippen LogP) is 1.29. The molecule has 3 nitrogen and oxygen atoms in total. The highest BCUT2D eigenvalue weighted by Crippen LogP contribution is 2.07. The maximum Gasteiger partial charge on any atom is 0.339 e. The van der Waals surface area contributed by atoms with E-state index in [1.165, 1.54) is 13.0 Å². The van der Waals surface area contributed by atoms with Crippen LogP contribution < -0.4 is 0 Å². The van der Waals surface area contributed by atoms with Gasteiger partial charge in [0.1, 0.15) is 12.7 Å². The second-order valence-electron chi connectivity index (χ2n) is 1.64. The number of hydrogen-bond donors (Lipinski definition) is 1. The van der Waals surface area contributed by atoms with Gasteiger partial charge in [0.2, 0.25) is 0 Å². The molecule has 3 heteroatoms. The van der Waals surface area contributed by atoms with Gasteiger partial charge in [-0.3, -0.25) is 0 Å². The minimum Gasteiger partial charge on any atom is -0.478 e. The fourth-order valence-corrected chi connectivity index (χ4v) is 0.546. The summed E-state index contributed by atoms with van der Waals surface area (Å²) in [5.41, 5.74) is 0.0602. The van der Waals surface area contributed by atoms with E-state index in [4.69, 9.17) is 6.48 Å². The third-order valence-electron chi connectivity index (χ3n) is 1.02. The summed E-state index contributed by atoms with van der Waals surface area (Å²) in [5, 5.41) is 8.44. The largest absolute Gasteiger partial charge is 0.478 e. The molecule has 0 fully saturated rings. The van der Waals surface area contributed by atoms with Gasteiger partial charge in [-0.1, -0.05) is 0 Å². The zero-order chi connectivity index (χ0) is 7.72. The Morgan fingerprint density at radius 2 is 2.67 bits per heavy atom. The molecule has 1 aromatic rings. The van der Waals surface area contributed by atoms with E-state index >= 15 is 0 Å². The van der Waals surface area contributed by atoms with Gasteiger partial charge in [-0.25, -0.2) is 4.79 Å². The van der Waals surface area contributed by atoms with Crippen LogP contribution in [-0.2, 0) is 0 Å². The van der Waals surface area contributed by atoms with Crippen LogP contribution in [0.1, 0.15) is 17.5 Å². The van der Waals surface area contributed by atoms with Crippen LogP contribution in [0, 0.1) is 6.92 Å². The molecule has 0 aliphatic carbocycles. The summed E-state index contributed by atoms with van der Waals surface area (Å²) in [6.45, 7) is 1.52. The highest BCUT2D eigenvalue weighted by Gasteiger charge is 2.07. The molecule has 0 aliphatic heterocycles. The third-order valence-corrected chi connectivity index (χ3v) is 1.02. The van der Waals surface area contributed by atoms with Gasteiger partial charge in [-0.15, -0.1) is 0 Å².